The molecule has 0 aliphatic carbocycles. The summed E-state index contributed by atoms with van der Waals surface area (Å²) in [6.45, 7) is 5.07. The van der Waals surface area contributed by atoms with E-state index in [1.165, 1.54) is 5.56 Å². The van der Waals surface area contributed by atoms with E-state index in [1.54, 1.807) is 15.5 Å². The number of piperazine rings is 1. The minimum absolute atomic E-state index is 0.131. The number of anilines is 1. The first-order valence-electron chi connectivity index (χ1n) is 9.92. The highest BCUT2D eigenvalue weighted by Gasteiger charge is 2.27. The Morgan fingerprint density at radius 2 is 1.76 bits per heavy atom. The highest BCUT2D eigenvalue weighted by Crippen LogP contribution is 2.18. The van der Waals surface area contributed by atoms with Crippen LogP contribution in [-0.2, 0) is 6.42 Å². The molecule has 0 saturated carbocycles. The van der Waals surface area contributed by atoms with E-state index in [9.17, 15) is 9.59 Å². The zero-order chi connectivity index (χ0) is 20.4. The number of pyridine rings is 1. The van der Waals surface area contributed by atoms with Crippen LogP contribution in [0.1, 0.15) is 33.6 Å². The molecule has 1 saturated heterocycles. The SMILES string of the molecule is CCc1ccc(NC(=O)c2nc(C(=O)N3CCN(C)CC3)c3ccccn23)cc1. The number of fused-ring (bicyclic) bond motifs is 1. The Labute approximate surface area is 169 Å². The van der Waals surface area contributed by atoms with E-state index in [4.69, 9.17) is 0 Å². The molecule has 7 nitrogen and oxygen atoms in total. The normalized spacial score (nSPS) is 14.9. The summed E-state index contributed by atoms with van der Waals surface area (Å²) in [7, 11) is 2.04. The lowest BCUT2D eigenvalue weighted by molar-refractivity contribution is 0.0661. The summed E-state index contributed by atoms with van der Waals surface area (Å²) in [6.07, 6.45) is 2.70. The number of imidazole rings is 1. The van der Waals surface area contributed by atoms with Crippen LogP contribution in [0.2, 0.25) is 0 Å². The van der Waals surface area contributed by atoms with Gasteiger partial charge in [0.2, 0.25) is 5.82 Å². The lowest BCUT2D eigenvalue weighted by atomic mass is 10.1. The summed E-state index contributed by atoms with van der Waals surface area (Å²) in [4.78, 5) is 34.5. The van der Waals surface area contributed by atoms with Gasteiger partial charge in [0.05, 0.1) is 5.52 Å². The van der Waals surface area contributed by atoms with E-state index < -0.39 is 0 Å². The molecule has 2 aromatic heterocycles. The maximum atomic E-state index is 13.1. The van der Waals surface area contributed by atoms with E-state index in [0.29, 0.717) is 30.0 Å². The molecule has 7 heteroatoms. The number of hydrogen-bond acceptors (Lipinski definition) is 4. The molecule has 2 amide bonds. The number of rotatable bonds is 4. The van der Waals surface area contributed by atoms with Gasteiger partial charge in [0.1, 0.15) is 0 Å². The van der Waals surface area contributed by atoms with Crippen molar-refractivity contribution in [2.45, 2.75) is 13.3 Å². The Kier molecular flexibility index (Phi) is 5.31. The second kappa shape index (κ2) is 8.05. The zero-order valence-electron chi connectivity index (χ0n) is 16.8. The Balaban J connectivity index is 1.63. The summed E-state index contributed by atoms with van der Waals surface area (Å²) in [5.74, 6) is -0.265. The van der Waals surface area contributed by atoms with E-state index >= 15 is 0 Å². The highest BCUT2D eigenvalue weighted by molar-refractivity contribution is 6.06. The third kappa shape index (κ3) is 3.86. The summed E-state index contributed by atoms with van der Waals surface area (Å²) in [6, 6.07) is 13.2. The first kappa shape index (κ1) is 19.1. The Morgan fingerprint density at radius 3 is 2.45 bits per heavy atom. The standard InChI is InChI=1S/C22H25N5O2/c1-3-16-7-9-17(10-8-16)23-21(28)20-24-19(18-6-4-5-11-27(18)20)22(29)26-14-12-25(2)13-15-26/h4-11H,3,12-15H2,1-2H3,(H,23,28). The lowest BCUT2D eigenvalue weighted by Gasteiger charge is -2.32. The predicted molar refractivity (Wildman–Crippen MR) is 112 cm³/mol. The van der Waals surface area contributed by atoms with Crippen molar-refractivity contribution >= 4 is 23.0 Å². The largest absolute Gasteiger partial charge is 0.335 e. The van der Waals surface area contributed by atoms with E-state index in [-0.39, 0.29) is 17.6 Å². The molecule has 1 N–H and O–H groups in total. The zero-order valence-corrected chi connectivity index (χ0v) is 16.8. The monoisotopic (exact) mass is 391 g/mol. The fourth-order valence-electron chi connectivity index (χ4n) is 3.53. The molecule has 150 valence electrons. The molecule has 4 rings (SSSR count). The Bertz CT molecular complexity index is 1030. The summed E-state index contributed by atoms with van der Waals surface area (Å²) in [5, 5.41) is 2.89. The Morgan fingerprint density at radius 1 is 1.03 bits per heavy atom. The van der Waals surface area contributed by atoms with Crippen molar-refractivity contribution in [2.24, 2.45) is 0 Å². The van der Waals surface area contributed by atoms with Crippen LogP contribution in [0.4, 0.5) is 5.69 Å². The van der Waals surface area contributed by atoms with E-state index in [2.05, 4.69) is 22.1 Å². The predicted octanol–water partition coefficient (Wildman–Crippen LogP) is 2.54. The van der Waals surface area contributed by atoms with Crippen LogP contribution in [0.5, 0.6) is 0 Å². The molecule has 0 unspecified atom stereocenters. The lowest BCUT2D eigenvalue weighted by Crippen LogP contribution is -2.47. The molecule has 1 aliphatic heterocycles. The maximum absolute atomic E-state index is 13.1. The second-order valence-corrected chi connectivity index (χ2v) is 7.34. The highest BCUT2D eigenvalue weighted by atomic mass is 16.2. The Hall–Kier alpha value is -3.19. The van der Waals surface area contributed by atoms with Crippen LogP contribution in [0.15, 0.2) is 48.7 Å². The average Bonchev–Trinajstić information content (AvgIpc) is 3.14. The molecule has 3 heterocycles. The van der Waals surface area contributed by atoms with E-state index in [1.807, 2.05) is 49.5 Å². The minimum Gasteiger partial charge on any atom is -0.335 e. The van der Waals surface area contributed by atoms with E-state index in [0.717, 1.165) is 19.5 Å². The van der Waals surface area contributed by atoms with Gasteiger partial charge in [-0.05, 0) is 43.3 Å². The summed E-state index contributed by atoms with van der Waals surface area (Å²) in [5.41, 5.74) is 2.87. The van der Waals surface area contributed by atoms with Crippen molar-refractivity contribution in [3.05, 3.63) is 65.7 Å². The van der Waals surface area contributed by atoms with Gasteiger partial charge in [-0.15, -0.1) is 0 Å². The number of aryl methyl sites for hydroxylation is 1. The molecular formula is C22H25N5O2. The van der Waals surface area contributed by atoms with Crippen LogP contribution in [0.25, 0.3) is 5.52 Å². The second-order valence-electron chi connectivity index (χ2n) is 7.34. The molecule has 3 aromatic rings. The van der Waals surface area contributed by atoms with Crippen LogP contribution in [0, 0.1) is 0 Å². The number of hydrogen-bond donors (Lipinski definition) is 1. The van der Waals surface area contributed by atoms with Gasteiger partial charge in [-0.3, -0.25) is 14.0 Å². The van der Waals surface area contributed by atoms with Gasteiger partial charge in [-0.2, -0.15) is 0 Å². The van der Waals surface area contributed by atoms with Crippen LogP contribution < -0.4 is 5.32 Å². The van der Waals surface area contributed by atoms with Crippen molar-refractivity contribution in [2.75, 3.05) is 38.5 Å². The molecule has 1 aliphatic rings. The first-order chi connectivity index (χ1) is 14.1. The van der Waals surface area contributed by atoms with Gasteiger partial charge in [-0.1, -0.05) is 25.1 Å². The fourth-order valence-corrected chi connectivity index (χ4v) is 3.53. The first-order valence-corrected chi connectivity index (χ1v) is 9.92. The molecule has 0 atom stereocenters. The number of nitrogens with zero attached hydrogens (tertiary/aromatic N) is 4. The number of amides is 2. The number of nitrogens with one attached hydrogen (secondary N) is 1. The molecule has 1 aromatic carbocycles. The molecule has 0 radical (unpaired) electrons. The van der Waals surface area contributed by atoms with Crippen LogP contribution in [-0.4, -0.2) is 64.2 Å². The number of likely N-dealkylation sites (N-methyl/N-ethyl adjacent to an activating group) is 1. The number of aromatic nitrogens is 2. The topological polar surface area (TPSA) is 70.0 Å². The number of benzene rings is 1. The third-order valence-electron chi connectivity index (χ3n) is 5.36. The molecule has 29 heavy (non-hydrogen) atoms. The molecule has 0 bridgehead atoms. The smallest absolute Gasteiger partial charge is 0.292 e. The fraction of sp³-hybridized carbons (Fsp3) is 0.318. The van der Waals surface area contributed by atoms with Crippen molar-refractivity contribution in [1.82, 2.24) is 19.2 Å². The van der Waals surface area contributed by atoms with Gasteiger partial charge >= 0.3 is 0 Å². The van der Waals surface area contributed by atoms with Crippen molar-refractivity contribution < 1.29 is 9.59 Å². The third-order valence-corrected chi connectivity index (χ3v) is 5.36. The maximum Gasteiger partial charge on any atom is 0.292 e. The van der Waals surface area contributed by atoms with Gasteiger partial charge in [0, 0.05) is 38.1 Å². The summed E-state index contributed by atoms with van der Waals surface area (Å²) >= 11 is 0. The quantitative estimate of drug-likeness (QED) is 0.742. The van der Waals surface area contributed by atoms with Gasteiger partial charge in [0.25, 0.3) is 11.8 Å². The number of carbonyl (C=O) groups excluding carboxylic acids is 2. The van der Waals surface area contributed by atoms with Crippen molar-refractivity contribution in [3.8, 4) is 0 Å². The number of carbonyl (C=O) groups is 2. The van der Waals surface area contributed by atoms with Gasteiger partial charge in [0.15, 0.2) is 5.69 Å². The van der Waals surface area contributed by atoms with Crippen LogP contribution >= 0.6 is 0 Å². The minimum atomic E-state index is -0.340. The molecule has 1 fully saturated rings. The van der Waals surface area contributed by atoms with Gasteiger partial charge < -0.3 is 15.1 Å². The van der Waals surface area contributed by atoms with Gasteiger partial charge in [-0.25, -0.2) is 4.98 Å². The van der Waals surface area contributed by atoms with Crippen molar-refractivity contribution in [3.63, 3.8) is 0 Å². The average molecular weight is 391 g/mol. The summed E-state index contributed by atoms with van der Waals surface area (Å²) < 4.78 is 1.68. The van der Waals surface area contributed by atoms with Crippen LogP contribution in [0.3, 0.4) is 0 Å². The molecule has 0 spiro atoms. The molecular weight excluding hydrogens is 366 g/mol. The van der Waals surface area contributed by atoms with Crippen molar-refractivity contribution in [1.29, 1.82) is 0 Å².